The largest absolute Gasteiger partial charge is 0.321 e. The van der Waals surface area contributed by atoms with Gasteiger partial charge in [0.15, 0.2) is 5.69 Å². The molecular weight excluding hydrogens is 329 g/mol. The lowest BCUT2D eigenvalue weighted by atomic mass is 10.1. The van der Waals surface area contributed by atoms with Crippen LogP contribution in [0.5, 0.6) is 0 Å². The standard InChI is InChI=1S/C21H16FN3O/c1-2-14-5-3-6-16(13-14)23-21(26)20-18-7-4-8-19(18)25(24-20)17-11-9-15(22)10-12-17/h1,3,5-6,9-13H,4,7-8H2,(H,23,26). The van der Waals surface area contributed by atoms with Crippen LogP contribution in [0.15, 0.2) is 48.5 Å². The number of aromatic nitrogens is 2. The number of hydrogen-bond acceptors (Lipinski definition) is 2. The van der Waals surface area contributed by atoms with Crippen LogP contribution in [0.2, 0.25) is 0 Å². The van der Waals surface area contributed by atoms with Crippen molar-refractivity contribution in [2.75, 3.05) is 5.32 Å². The van der Waals surface area contributed by atoms with E-state index in [1.807, 2.05) is 0 Å². The van der Waals surface area contributed by atoms with Crippen molar-refractivity contribution in [1.29, 1.82) is 0 Å². The molecule has 5 heteroatoms. The normalized spacial score (nSPS) is 12.5. The van der Waals surface area contributed by atoms with Gasteiger partial charge in [-0.15, -0.1) is 6.42 Å². The molecule has 0 saturated carbocycles. The molecule has 0 fully saturated rings. The number of carbonyl (C=O) groups is 1. The minimum absolute atomic E-state index is 0.266. The molecule has 1 aliphatic carbocycles. The van der Waals surface area contributed by atoms with Gasteiger partial charge in [0.25, 0.3) is 5.91 Å². The van der Waals surface area contributed by atoms with Crippen molar-refractivity contribution in [3.8, 4) is 18.0 Å². The molecule has 26 heavy (non-hydrogen) atoms. The Bertz CT molecular complexity index is 1030. The molecule has 0 unspecified atom stereocenters. The first kappa shape index (κ1) is 16.1. The number of nitrogens with one attached hydrogen (secondary N) is 1. The maximum Gasteiger partial charge on any atom is 0.276 e. The summed E-state index contributed by atoms with van der Waals surface area (Å²) in [6, 6.07) is 13.2. The first-order valence-corrected chi connectivity index (χ1v) is 8.40. The molecule has 1 aliphatic rings. The van der Waals surface area contributed by atoms with Gasteiger partial charge in [-0.05, 0) is 61.7 Å². The summed E-state index contributed by atoms with van der Waals surface area (Å²) in [5.41, 5.74) is 4.46. The van der Waals surface area contributed by atoms with Gasteiger partial charge < -0.3 is 5.32 Å². The molecule has 1 amide bonds. The molecule has 0 saturated heterocycles. The maximum atomic E-state index is 13.2. The minimum atomic E-state index is -0.302. The SMILES string of the molecule is C#Cc1cccc(NC(=O)c2nn(-c3ccc(F)cc3)c3c2CCC3)c1. The molecular formula is C21H16FN3O. The fourth-order valence-electron chi connectivity index (χ4n) is 3.29. The Balaban J connectivity index is 1.68. The van der Waals surface area contributed by atoms with Crippen LogP contribution in [0.25, 0.3) is 5.69 Å². The Morgan fingerprint density at radius 3 is 2.77 bits per heavy atom. The number of hydrogen-bond donors (Lipinski definition) is 1. The molecule has 1 aromatic heterocycles. The zero-order chi connectivity index (χ0) is 18.1. The molecule has 2 aromatic carbocycles. The van der Waals surface area contributed by atoms with Crippen molar-refractivity contribution >= 4 is 11.6 Å². The second-order valence-corrected chi connectivity index (χ2v) is 6.19. The minimum Gasteiger partial charge on any atom is -0.321 e. The topological polar surface area (TPSA) is 46.9 Å². The summed E-state index contributed by atoms with van der Waals surface area (Å²) >= 11 is 0. The van der Waals surface area contributed by atoms with E-state index in [4.69, 9.17) is 6.42 Å². The van der Waals surface area contributed by atoms with Crippen LogP contribution < -0.4 is 5.32 Å². The van der Waals surface area contributed by atoms with E-state index in [1.165, 1.54) is 12.1 Å². The third-order valence-electron chi connectivity index (χ3n) is 4.50. The summed E-state index contributed by atoms with van der Waals surface area (Å²) in [6.45, 7) is 0. The third-order valence-corrected chi connectivity index (χ3v) is 4.50. The van der Waals surface area contributed by atoms with E-state index in [0.29, 0.717) is 16.9 Å². The van der Waals surface area contributed by atoms with Gasteiger partial charge in [-0.25, -0.2) is 9.07 Å². The Hall–Kier alpha value is -3.39. The Labute approximate surface area is 150 Å². The second kappa shape index (κ2) is 6.49. The lowest BCUT2D eigenvalue weighted by molar-refractivity contribution is 0.102. The highest BCUT2D eigenvalue weighted by atomic mass is 19.1. The highest BCUT2D eigenvalue weighted by Crippen LogP contribution is 2.28. The summed E-state index contributed by atoms with van der Waals surface area (Å²) in [6.07, 6.45) is 8.04. The average Bonchev–Trinajstić information content (AvgIpc) is 3.25. The van der Waals surface area contributed by atoms with Gasteiger partial charge in [0.1, 0.15) is 5.82 Å². The van der Waals surface area contributed by atoms with Crippen LogP contribution in [0, 0.1) is 18.2 Å². The fourth-order valence-corrected chi connectivity index (χ4v) is 3.29. The second-order valence-electron chi connectivity index (χ2n) is 6.19. The van der Waals surface area contributed by atoms with Crippen LogP contribution in [-0.4, -0.2) is 15.7 Å². The number of halogens is 1. The number of fused-ring (bicyclic) bond motifs is 1. The fraction of sp³-hybridized carbons (Fsp3) is 0.143. The smallest absolute Gasteiger partial charge is 0.276 e. The summed E-state index contributed by atoms with van der Waals surface area (Å²) in [5.74, 6) is 1.98. The number of carbonyl (C=O) groups excluding carboxylic acids is 1. The average molecular weight is 345 g/mol. The van der Waals surface area contributed by atoms with Gasteiger partial charge in [0.05, 0.1) is 5.69 Å². The van der Waals surface area contributed by atoms with E-state index >= 15 is 0 Å². The van der Waals surface area contributed by atoms with Crippen molar-refractivity contribution in [1.82, 2.24) is 9.78 Å². The summed E-state index contributed by atoms with van der Waals surface area (Å²) in [4.78, 5) is 12.8. The molecule has 0 spiro atoms. The maximum absolute atomic E-state index is 13.2. The lowest BCUT2D eigenvalue weighted by Gasteiger charge is -2.06. The van der Waals surface area contributed by atoms with Crippen LogP contribution >= 0.6 is 0 Å². The van der Waals surface area contributed by atoms with Gasteiger partial charge in [0, 0.05) is 22.5 Å². The van der Waals surface area contributed by atoms with E-state index in [1.54, 1.807) is 41.1 Å². The molecule has 1 N–H and O–H groups in total. The van der Waals surface area contributed by atoms with Gasteiger partial charge in [-0.3, -0.25) is 4.79 Å². The van der Waals surface area contributed by atoms with E-state index in [9.17, 15) is 9.18 Å². The van der Waals surface area contributed by atoms with E-state index in [2.05, 4.69) is 16.3 Å². The van der Waals surface area contributed by atoms with E-state index < -0.39 is 0 Å². The van der Waals surface area contributed by atoms with Crippen LogP contribution in [0.4, 0.5) is 10.1 Å². The van der Waals surface area contributed by atoms with Gasteiger partial charge in [-0.1, -0.05) is 12.0 Å². The molecule has 4 rings (SSSR count). The Kier molecular flexibility index (Phi) is 4.02. The zero-order valence-corrected chi connectivity index (χ0v) is 14.0. The van der Waals surface area contributed by atoms with Crippen LogP contribution in [0.3, 0.4) is 0 Å². The summed E-state index contributed by atoms with van der Waals surface area (Å²) < 4.78 is 15.0. The van der Waals surface area contributed by atoms with Crippen molar-refractivity contribution in [3.05, 3.63) is 76.9 Å². The predicted octanol–water partition coefficient (Wildman–Crippen LogP) is 3.73. The van der Waals surface area contributed by atoms with Crippen molar-refractivity contribution < 1.29 is 9.18 Å². The highest BCUT2D eigenvalue weighted by molar-refractivity contribution is 6.04. The molecule has 128 valence electrons. The van der Waals surface area contributed by atoms with Crippen molar-refractivity contribution in [2.24, 2.45) is 0 Å². The summed E-state index contributed by atoms with van der Waals surface area (Å²) in [7, 11) is 0. The lowest BCUT2D eigenvalue weighted by Crippen LogP contribution is -2.15. The zero-order valence-electron chi connectivity index (χ0n) is 14.0. The van der Waals surface area contributed by atoms with Crippen molar-refractivity contribution in [2.45, 2.75) is 19.3 Å². The first-order valence-electron chi connectivity index (χ1n) is 8.40. The first-order chi connectivity index (χ1) is 12.7. The number of rotatable bonds is 3. The monoisotopic (exact) mass is 345 g/mol. The molecule has 4 nitrogen and oxygen atoms in total. The molecule has 3 aromatic rings. The van der Waals surface area contributed by atoms with Gasteiger partial charge >= 0.3 is 0 Å². The molecule has 0 aliphatic heterocycles. The highest BCUT2D eigenvalue weighted by Gasteiger charge is 2.27. The Morgan fingerprint density at radius 1 is 1.19 bits per heavy atom. The number of anilines is 1. The third kappa shape index (κ3) is 2.86. The number of amides is 1. The van der Waals surface area contributed by atoms with E-state index in [0.717, 1.165) is 36.2 Å². The van der Waals surface area contributed by atoms with E-state index in [-0.39, 0.29) is 11.7 Å². The number of terminal acetylenes is 1. The molecule has 0 atom stereocenters. The quantitative estimate of drug-likeness (QED) is 0.735. The Morgan fingerprint density at radius 2 is 2.00 bits per heavy atom. The predicted molar refractivity (Wildman–Crippen MR) is 97.9 cm³/mol. The van der Waals surface area contributed by atoms with Crippen LogP contribution in [-0.2, 0) is 12.8 Å². The number of nitrogens with zero attached hydrogens (tertiary/aromatic N) is 2. The molecule has 0 radical (unpaired) electrons. The molecule has 1 heterocycles. The van der Waals surface area contributed by atoms with Crippen LogP contribution in [0.1, 0.15) is 33.7 Å². The molecule has 0 bridgehead atoms. The number of benzene rings is 2. The van der Waals surface area contributed by atoms with Gasteiger partial charge in [0.2, 0.25) is 0 Å². The summed E-state index contributed by atoms with van der Waals surface area (Å²) in [5, 5.41) is 7.38. The van der Waals surface area contributed by atoms with Gasteiger partial charge in [-0.2, -0.15) is 5.10 Å². The van der Waals surface area contributed by atoms with Crippen molar-refractivity contribution in [3.63, 3.8) is 0 Å².